The van der Waals surface area contributed by atoms with Gasteiger partial charge in [-0.2, -0.15) is 0 Å². The van der Waals surface area contributed by atoms with Gasteiger partial charge in [-0.05, 0) is 29.7 Å². The molecule has 0 aliphatic rings. The zero-order valence-electron chi connectivity index (χ0n) is 11.6. The van der Waals surface area contributed by atoms with Crippen molar-refractivity contribution in [2.75, 3.05) is 0 Å². The standard InChI is InChI=1S/C11H9N.C8H7N/c1-2-6-10(7-3-1)11-8-4-5-9-12-11;1-2-4-8-7(3-1)5-6-9-8/h1-9H;1-6,9H. The number of para-hydroxylation sites is 1. The third kappa shape index (κ3) is 3.37. The summed E-state index contributed by atoms with van der Waals surface area (Å²) < 4.78 is 0. The van der Waals surface area contributed by atoms with Gasteiger partial charge in [0.1, 0.15) is 0 Å². The molecule has 0 unspecified atom stereocenters. The monoisotopic (exact) mass is 272 g/mol. The highest BCUT2D eigenvalue weighted by molar-refractivity contribution is 5.78. The summed E-state index contributed by atoms with van der Waals surface area (Å²) in [6.07, 6.45) is 3.76. The molecule has 1 N–H and O–H groups in total. The Labute approximate surface area is 124 Å². The Bertz CT molecular complexity index is 722. The second kappa shape index (κ2) is 6.53. The summed E-state index contributed by atoms with van der Waals surface area (Å²) in [7, 11) is 0. The van der Waals surface area contributed by atoms with Crippen molar-refractivity contribution in [3.05, 3.63) is 91.3 Å². The van der Waals surface area contributed by atoms with Crippen LogP contribution in [0.5, 0.6) is 0 Å². The minimum Gasteiger partial charge on any atom is -0.361 e. The number of fused-ring (bicyclic) bond motifs is 1. The molecule has 0 atom stereocenters. The molecule has 0 saturated heterocycles. The number of nitrogens with one attached hydrogen (secondary N) is 1. The summed E-state index contributed by atoms with van der Waals surface area (Å²) in [6.45, 7) is 0. The molecule has 2 aromatic carbocycles. The van der Waals surface area contributed by atoms with Gasteiger partial charge in [0.2, 0.25) is 0 Å². The maximum Gasteiger partial charge on any atom is 0.0701 e. The Balaban J connectivity index is 0.000000131. The van der Waals surface area contributed by atoms with Crippen LogP contribution in [0.1, 0.15) is 0 Å². The first-order chi connectivity index (χ1) is 10.4. The Morgan fingerprint density at radius 3 is 2.19 bits per heavy atom. The number of hydrogen-bond acceptors (Lipinski definition) is 1. The Hall–Kier alpha value is -2.87. The van der Waals surface area contributed by atoms with Crippen LogP contribution in [0.4, 0.5) is 0 Å². The van der Waals surface area contributed by atoms with E-state index in [1.54, 1.807) is 0 Å². The van der Waals surface area contributed by atoms with E-state index >= 15 is 0 Å². The number of aromatic amines is 1. The molecule has 0 spiro atoms. The second-order valence-corrected chi connectivity index (χ2v) is 4.65. The minimum atomic E-state index is 1.03. The number of H-pyrrole nitrogens is 1. The van der Waals surface area contributed by atoms with Crippen molar-refractivity contribution in [1.82, 2.24) is 9.97 Å². The second-order valence-electron chi connectivity index (χ2n) is 4.65. The fraction of sp³-hybridized carbons (Fsp3) is 0. The van der Waals surface area contributed by atoms with Gasteiger partial charge < -0.3 is 4.98 Å². The summed E-state index contributed by atoms with van der Waals surface area (Å²) >= 11 is 0. The molecule has 0 aliphatic heterocycles. The normalized spacial score (nSPS) is 9.90. The number of benzene rings is 2. The van der Waals surface area contributed by atoms with E-state index in [-0.39, 0.29) is 0 Å². The molecule has 2 heteroatoms. The molecule has 0 fully saturated rings. The number of pyridine rings is 1. The van der Waals surface area contributed by atoms with Gasteiger partial charge in [-0.25, -0.2) is 0 Å². The summed E-state index contributed by atoms with van der Waals surface area (Å²) in [5, 5.41) is 1.28. The lowest BCUT2D eigenvalue weighted by Gasteiger charge is -1.97. The predicted octanol–water partition coefficient (Wildman–Crippen LogP) is 4.92. The van der Waals surface area contributed by atoms with Crippen LogP contribution in [0.3, 0.4) is 0 Å². The molecule has 21 heavy (non-hydrogen) atoms. The topological polar surface area (TPSA) is 28.7 Å². The van der Waals surface area contributed by atoms with Gasteiger partial charge in [0.15, 0.2) is 0 Å². The molecule has 0 amide bonds. The highest BCUT2D eigenvalue weighted by Gasteiger charge is 1.93. The molecule has 2 heterocycles. The Kier molecular flexibility index (Phi) is 4.08. The van der Waals surface area contributed by atoms with E-state index in [2.05, 4.69) is 40.3 Å². The fourth-order valence-corrected chi connectivity index (χ4v) is 2.14. The zero-order valence-corrected chi connectivity index (χ0v) is 11.6. The van der Waals surface area contributed by atoms with Crippen molar-refractivity contribution in [3.63, 3.8) is 0 Å². The molecule has 0 bridgehead atoms. The average Bonchev–Trinajstić information content (AvgIpc) is 3.06. The predicted molar refractivity (Wildman–Crippen MR) is 88.0 cm³/mol. The lowest BCUT2D eigenvalue weighted by molar-refractivity contribution is 1.33. The maximum atomic E-state index is 4.25. The van der Waals surface area contributed by atoms with E-state index in [0.29, 0.717) is 0 Å². The molecule has 2 nitrogen and oxygen atoms in total. The summed E-state index contributed by atoms with van der Waals surface area (Å²) in [5.74, 6) is 0. The third-order valence-corrected chi connectivity index (χ3v) is 3.20. The molecular weight excluding hydrogens is 256 g/mol. The first kappa shape index (κ1) is 13.1. The fourth-order valence-electron chi connectivity index (χ4n) is 2.14. The van der Waals surface area contributed by atoms with Crippen molar-refractivity contribution in [2.45, 2.75) is 0 Å². The van der Waals surface area contributed by atoms with E-state index < -0.39 is 0 Å². The SMILES string of the molecule is c1ccc(-c2ccccn2)cc1.c1ccc2[nH]ccc2c1. The van der Waals surface area contributed by atoms with Crippen molar-refractivity contribution in [3.8, 4) is 11.3 Å². The first-order valence-electron chi connectivity index (χ1n) is 6.92. The maximum absolute atomic E-state index is 4.25. The molecule has 4 rings (SSSR count). The van der Waals surface area contributed by atoms with Gasteiger partial charge in [-0.1, -0.05) is 54.6 Å². The van der Waals surface area contributed by atoms with Crippen LogP contribution in [-0.4, -0.2) is 9.97 Å². The molecular formula is C19H16N2. The van der Waals surface area contributed by atoms with Gasteiger partial charge in [0.05, 0.1) is 5.69 Å². The largest absolute Gasteiger partial charge is 0.361 e. The van der Waals surface area contributed by atoms with Crippen LogP contribution in [0.2, 0.25) is 0 Å². The van der Waals surface area contributed by atoms with E-state index in [0.717, 1.165) is 11.3 Å². The van der Waals surface area contributed by atoms with E-state index in [4.69, 9.17) is 0 Å². The van der Waals surface area contributed by atoms with Crippen molar-refractivity contribution in [2.24, 2.45) is 0 Å². The minimum absolute atomic E-state index is 1.03. The van der Waals surface area contributed by atoms with Crippen LogP contribution in [-0.2, 0) is 0 Å². The molecule has 0 radical (unpaired) electrons. The van der Waals surface area contributed by atoms with Crippen molar-refractivity contribution < 1.29 is 0 Å². The summed E-state index contributed by atoms with van der Waals surface area (Å²) in [4.78, 5) is 7.37. The van der Waals surface area contributed by atoms with Gasteiger partial charge >= 0.3 is 0 Å². The van der Waals surface area contributed by atoms with E-state index in [1.165, 1.54) is 10.9 Å². The quantitative estimate of drug-likeness (QED) is 0.523. The lowest BCUT2D eigenvalue weighted by atomic mass is 10.1. The highest BCUT2D eigenvalue weighted by Crippen LogP contribution is 2.14. The van der Waals surface area contributed by atoms with E-state index in [9.17, 15) is 0 Å². The van der Waals surface area contributed by atoms with Crippen LogP contribution < -0.4 is 0 Å². The van der Waals surface area contributed by atoms with Gasteiger partial charge in [0.25, 0.3) is 0 Å². The van der Waals surface area contributed by atoms with Crippen LogP contribution >= 0.6 is 0 Å². The van der Waals surface area contributed by atoms with Gasteiger partial charge in [0, 0.05) is 23.5 Å². The molecule has 0 saturated carbocycles. The smallest absolute Gasteiger partial charge is 0.0701 e. The number of rotatable bonds is 1. The van der Waals surface area contributed by atoms with Crippen LogP contribution in [0.15, 0.2) is 91.3 Å². The average molecular weight is 272 g/mol. The Morgan fingerprint density at radius 2 is 1.43 bits per heavy atom. The Morgan fingerprint density at radius 1 is 0.667 bits per heavy atom. The number of hydrogen-bond donors (Lipinski definition) is 1. The highest BCUT2D eigenvalue weighted by atomic mass is 14.7. The zero-order chi connectivity index (χ0) is 14.3. The van der Waals surface area contributed by atoms with Crippen LogP contribution in [0, 0.1) is 0 Å². The van der Waals surface area contributed by atoms with Crippen LogP contribution in [0.25, 0.3) is 22.2 Å². The molecule has 0 aliphatic carbocycles. The van der Waals surface area contributed by atoms with Gasteiger partial charge in [-0.15, -0.1) is 0 Å². The summed E-state index contributed by atoms with van der Waals surface area (Å²) in [6, 6.07) is 26.4. The third-order valence-electron chi connectivity index (χ3n) is 3.20. The summed E-state index contributed by atoms with van der Waals surface area (Å²) in [5.41, 5.74) is 3.40. The lowest BCUT2D eigenvalue weighted by Crippen LogP contribution is -1.79. The van der Waals surface area contributed by atoms with Crippen molar-refractivity contribution in [1.29, 1.82) is 0 Å². The van der Waals surface area contributed by atoms with E-state index in [1.807, 2.05) is 60.9 Å². The molecule has 2 aromatic heterocycles. The first-order valence-corrected chi connectivity index (χ1v) is 6.92. The van der Waals surface area contributed by atoms with Crippen molar-refractivity contribution >= 4 is 10.9 Å². The number of nitrogens with zero attached hydrogens (tertiary/aromatic N) is 1. The number of aromatic nitrogens is 2. The van der Waals surface area contributed by atoms with Gasteiger partial charge in [-0.3, -0.25) is 4.98 Å². The molecule has 4 aromatic rings. The molecule has 102 valence electrons.